The fourth-order valence-corrected chi connectivity index (χ4v) is 2.28. The van der Waals surface area contributed by atoms with Gasteiger partial charge in [-0.15, -0.1) is 5.11 Å². The van der Waals surface area contributed by atoms with Crippen molar-refractivity contribution in [2.45, 2.75) is 6.92 Å². The van der Waals surface area contributed by atoms with Gasteiger partial charge in [-0.3, -0.25) is 19.8 Å². The van der Waals surface area contributed by atoms with Crippen LogP contribution in [0.4, 0.5) is 17.1 Å². The number of benzene rings is 1. The normalized spacial score (nSPS) is 11.1. The molecule has 3 aromatic rings. The summed E-state index contributed by atoms with van der Waals surface area (Å²) >= 11 is 0. The van der Waals surface area contributed by atoms with E-state index in [0.717, 1.165) is 5.69 Å². The summed E-state index contributed by atoms with van der Waals surface area (Å²) in [6, 6.07) is 10.6. The van der Waals surface area contributed by atoms with Gasteiger partial charge in [-0.1, -0.05) is 0 Å². The first-order chi connectivity index (χ1) is 11.5. The molecule has 3 rings (SSSR count). The van der Waals surface area contributed by atoms with E-state index >= 15 is 0 Å². The highest BCUT2D eigenvalue weighted by Crippen LogP contribution is 2.26. The van der Waals surface area contributed by atoms with Crippen LogP contribution in [0.3, 0.4) is 0 Å². The number of carbonyl (C=O) groups is 1. The number of hydrogen-bond acceptors (Lipinski definition) is 4. The number of H-pyrrole nitrogens is 2. The van der Waals surface area contributed by atoms with E-state index in [9.17, 15) is 9.59 Å². The lowest BCUT2D eigenvalue weighted by molar-refractivity contribution is -0.114. The van der Waals surface area contributed by atoms with Crippen molar-refractivity contribution in [3.8, 4) is 11.4 Å². The maximum atomic E-state index is 11.9. The highest BCUT2D eigenvalue weighted by Gasteiger charge is 2.13. The average molecular weight is 324 g/mol. The second kappa shape index (κ2) is 6.37. The number of hydrogen-bond donors (Lipinski definition) is 3. The molecule has 0 aliphatic rings. The standard InChI is InChI=1S/C16H16N6O2/c1-10(23)17-11-5-7-12(8-6-11)18-20-15-14(19-21-16(15)24)13-4-3-9-22(13)2/h3-9H,1-2H3,(H,17,23)(H2,19,21,24). The highest BCUT2D eigenvalue weighted by molar-refractivity contribution is 5.88. The van der Waals surface area contributed by atoms with Crippen LogP contribution in [0.2, 0.25) is 0 Å². The average Bonchev–Trinajstić information content (AvgIpc) is 3.12. The zero-order valence-electron chi connectivity index (χ0n) is 13.2. The number of aromatic amines is 2. The third kappa shape index (κ3) is 3.17. The van der Waals surface area contributed by atoms with Gasteiger partial charge in [-0.25, -0.2) is 0 Å². The number of rotatable bonds is 4. The summed E-state index contributed by atoms with van der Waals surface area (Å²) in [7, 11) is 1.88. The third-order valence-corrected chi connectivity index (χ3v) is 3.41. The van der Waals surface area contributed by atoms with Crippen LogP contribution in [0, 0.1) is 0 Å². The number of amides is 1. The van der Waals surface area contributed by atoms with E-state index in [1.54, 1.807) is 24.3 Å². The van der Waals surface area contributed by atoms with Gasteiger partial charge in [0.2, 0.25) is 5.91 Å². The minimum absolute atomic E-state index is 0.143. The fourth-order valence-electron chi connectivity index (χ4n) is 2.28. The van der Waals surface area contributed by atoms with Gasteiger partial charge in [0, 0.05) is 25.9 Å². The van der Waals surface area contributed by atoms with E-state index < -0.39 is 0 Å². The van der Waals surface area contributed by atoms with Crippen LogP contribution in [-0.2, 0) is 11.8 Å². The lowest BCUT2D eigenvalue weighted by Crippen LogP contribution is -2.04. The molecule has 0 fully saturated rings. The third-order valence-electron chi connectivity index (χ3n) is 3.41. The van der Waals surface area contributed by atoms with E-state index in [2.05, 4.69) is 25.7 Å². The Bertz CT molecular complexity index is 946. The molecule has 2 heterocycles. The second-order valence-corrected chi connectivity index (χ2v) is 5.24. The van der Waals surface area contributed by atoms with Gasteiger partial charge in [-0.2, -0.15) is 5.11 Å². The van der Waals surface area contributed by atoms with Crippen LogP contribution in [0.1, 0.15) is 6.92 Å². The predicted molar refractivity (Wildman–Crippen MR) is 90.7 cm³/mol. The zero-order chi connectivity index (χ0) is 17.1. The Morgan fingerprint density at radius 3 is 2.50 bits per heavy atom. The molecule has 1 amide bonds. The minimum Gasteiger partial charge on any atom is -0.349 e. The Hall–Kier alpha value is -3.42. The molecule has 0 atom stereocenters. The molecule has 8 heteroatoms. The Kier molecular flexibility index (Phi) is 4.11. The van der Waals surface area contributed by atoms with Crippen molar-refractivity contribution >= 4 is 23.0 Å². The van der Waals surface area contributed by atoms with Gasteiger partial charge in [0.25, 0.3) is 5.56 Å². The van der Waals surface area contributed by atoms with Gasteiger partial charge < -0.3 is 9.88 Å². The Balaban J connectivity index is 1.88. The van der Waals surface area contributed by atoms with E-state index in [1.165, 1.54) is 6.92 Å². The number of nitrogens with one attached hydrogen (secondary N) is 3. The summed E-state index contributed by atoms with van der Waals surface area (Å²) in [5.74, 6) is -0.143. The molecule has 2 aromatic heterocycles. The first-order valence-electron chi connectivity index (χ1n) is 7.26. The largest absolute Gasteiger partial charge is 0.349 e. The predicted octanol–water partition coefficient (Wildman–Crippen LogP) is 3.08. The van der Waals surface area contributed by atoms with Crippen molar-refractivity contribution in [3.63, 3.8) is 0 Å². The molecular weight excluding hydrogens is 308 g/mol. The smallest absolute Gasteiger partial charge is 0.292 e. The molecule has 24 heavy (non-hydrogen) atoms. The summed E-state index contributed by atoms with van der Waals surface area (Å²) < 4.78 is 1.88. The fraction of sp³-hybridized carbons (Fsp3) is 0.125. The van der Waals surface area contributed by atoms with E-state index in [-0.39, 0.29) is 17.2 Å². The number of nitrogens with zero attached hydrogens (tertiary/aromatic N) is 3. The second-order valence-electron chi connectivity index (χ2n) is 5.24. The summed E-state index contributed by atoms with van der Waals surface area (Å²) in [6.07, 6.45) is 1.88. The van der Waals surface area contributed by atoms with Crippen LogP contribution in [0.5, 0.6) is 0 Å². The molecule has 0 bridgehead atoms. The first-order valence-corrected chi connectivity index (χ1v) is 7.26. The SMILES string of the molecule is CC(=O)Nc1ccc(N=Nc2c(-c3cccn3C)[nH][nH]c2=O)cc1. The number of aromatic nitrogens is 3. The lowest BCUT2D eigenvalue weighted by atomic mass is 10.3. The van der Waals surface area contributed by atoms with Crippen molar-refractivity contribution in [1.29, 1.82) is 0 Å². The summed E-state index contributed by atoms with van der Waals surface area (Å²) in [5, 5.41) is 16.2. The van der Waals surface area contributed by atoms with E-state index in [0.29, 0.717) is 17.1 Å². The number of aryl methyl sites for hydroxylation is 1. The Labute approximate surface area is 137 Å². The lowest BCUT2D eigenvalue weighted by Gasteiger charge is -2.01. The van der Waals surface area contributed by atoms with Gasteiger partial charge in [-0.05, 0) is 36.4 Å². The zero-order valence-corrected chi connectivity index (χ0v) is 13.2. The van der Waals surface area contributed by atoms with Crippen molar-refractivity contribution < 1.29 is 4.79 Å². The van der Waals surface area contributed by atoms with Crippen molar-refractivity contribution in [3.05, 3.63) is 52.9 Å². The minimum atomic E-state index is -0.343. The number of azo groups is 1. The van der Waals surface area contributed by atoms with Crippen LogP contribution in [-0.4, -0.2) is 20.7 Å². The first kappa shape index (κ1) is 15.5. The number of anilines is 1. The molecule has 122 valence electrons. The quantitative estimate of drug-likeness (QED) is 0.641. The van der Waals surface area contributed by atoms with E-state index in [1.807, 2.05) is 29.9 Å². The molecule has 0 spiro atoms. The summed E-state index contributed by atoms with van der Waals surface area (Å²) in [4.78, 5) is 22.9. The van der Waals surface area contributed by atoms with Crippen LogP contribution in [0.25, 0.3) is 11.4 Å². The molecule has 8 nitrogen and oxygen atoms in total. The molecule has 0 aliphatic carbocycles. The molecule has 0 unspecified atom stereocenters. The molecular formula is C16H16N6O2. The van der Waals surface area contributed by atoms with Crippen molar-refractivity contribution in [2.24, 2.45) is 17.3 Å². The van der Waals surface area contributed by atoms with Crippen LogP contribution >= 0.6 is 0 Å². The van der Waals surface area contributed by atoms with Crippen molar-refractivity contribution in [2.75, 3.05) is 5.32 Å². The number of carbonyl (C=O) groups excluding carboxylic acids is 1. The van der Waals surface area contributed by atoms with Gasteiger partial charge in [0.15, 0.2) is 5.69 Å². The van der Waals surface area contributed by atoms with Gasteiger partial charge >= 0.3 is 0 Å². The molecule has 0 saturated heterocycles. The Morgan fingerprint density at radius 1 is 1.12 bits per heavy atom. The topological polar surface area (TPSA) is 107 Å². The highest BCUT2D eigenvalue weighted by atomic mass is 16.1. The summed E-state index contributed by atoms with van der Waals surface area (Å²) in [6.45, 7) is 1.44. The maximum Gasteiger partial charge on any atom is 0.292 e. The molecule has 0 aliphatic heterocycles. The monoisotopic (exact) mass is 324 g/mol. The molecule has 0 radical (unpaired) electrons. The van der Waals surface area contributed by atoms with Crippen molar-refractivity contribution in [1.82, 2.24) is 14.8 Å². The van der Waals surface area contributed by atoms with Gasteiger partial charge in [0.1, 0.15) is 5.69 Å². The molecule has 1 aromatic carbocycles. The molecule has 0 saturated carbocycles. The van der Waals surface area contributed by atoms with Crippen LogP contribution < -0.4 is 10.9 Å². The van der Waals surface area contributed by atoms with Gasteiger partial charge in [0.05, 0.1) is 11.4 Å². The maximum absolute atomic E-state index is 11.9. The van der Waals surface area contributed by atoms with Crippen LogP contribution in [0.15, 0.2) is 57.6 Å². The summed E-state index contributed by atoms with van der Waals surface area (Å²) in [5.41, 5.74) is 2.51. The Morgan fingerprint density at radius 2 is 1.88 bits per heavy atom. The molecule has 3 N–H and O–H groups in total. The van der Waals surface area contributed by atoms with E-state index in [4.69, 9.17) is 0 Å².